The monoisotopic (exact) mass is 399 g/mol. The van der Waals surface area contributed by atoms with Crippen LogP contribution < -0.4 is 9.96 Å². The number of nitrogens with zero attached hydrogens (tertiary/aromatic N) is 3. The predicted molar refractivity (Wildman–Crippen MR) is 113 cm³/mol. The lowest BCUT2D eigenvalue weighted by molar-refractivity contribution is -0.126. The van der Waals surface area contributed by atoms with E-state index in [2.05, 4.69) is 4.98 Å². The highest BCUT2D eigenvalue weighted by Gasteiger charge is 2.60. The molecule has 6 nitrogen and oxygen atoms in total. The van der Waals surface area contributed by atoms with Gasteiger partial charge in [0.2, 0.25) is 5.91 Å². The lowest BCUT2D eigenvalue weighted by atomic mass is 9.91. The molecule has 0 saturated carbocycles. The topological polar surface area (TPSA) is 62.7 Å². The third-order valence-electron chi connectivity index (χ3n) is 5.84. The molecule has 3 aromatic rings. The van der Waals surface area contributed by atoms with Crippen molar-refractivity contribution in [3.63, 3.8) is 0 Å². The third kappa shape index (κ3) is 2.72. The Bertz CT molecular complexity index is 1100. The van der Waals surface area contributed by atoms with E-state index < -0.39 is 18.1 Å². The van der Waals surface area contributed by atoms with Crippen molar-refractivity contribution >= 4 is 23.2 Å². The smallest absolute Gasteiger partial charge is 0.266 e. The Hall–Kier alpha value is -3.51. The van der Waals surface area contributed by atoms with E-state index in [9.17, 15) is 9.59 Å². The minimum absolute atomic E-state index is 0.234. The number of benzene rings is 2. The number of anilines is 2. The molecule has 2 aliphatic heterocycles. The number of para-hydroxylation sites is 2. The van der Waals surface area contributed by atoms with Gasteiger partial charge in [0, 0.05) is 12.4 Å². The fourth-order valence-electron chi connectivity index (χ4n) is 4.49. The average molecular weight is 399 g/mol. The normalized spacial score (nSPS) is 23.2. The Balaban J connectivity index is 1.61. The molecule has 3 atom stereocenters. The third-order valence-corrected chi connectivity index (χ3v) is 5.84. The lowest BCUT2D eigenvalue weighted by Crippen LogP contribution is -2.38. The second-order valence-corrected chi connectivity index (χ2v) is 7.69. The van der Waals surface area contributed by atoms with Gasteiger partial charge in [-0.1, -0.05) is 36.4 Å². The molecule has 0 unspecified atom stereocenters. The average Bonchev–Trinajstić information content (AvgIpc) is 3.27. The van der Waals surface area contributed by atoms with Crippen LogP contribution in [-0.4, -0.2) is 22.9 Å². The van der Waals surface area contributed by atoms with Crippen LogP contribution in [0.15, 0.2) is 73.1 Å². The highest BCUT2D eigenvalue weighted by atomic mass is 16.7. The first-order valence-corrected chi connectivity index (χ1v) is 9.93. The molecule has 5 rings (SSSR count). The molecule has 2 saturated heterocycles. The van der Waals surface area contributed by atoms with Crippen LogP contribution in [0.5, 0.6) is 0 Å². The molecule has 0 radical (unpaired) electrons. The molecule has 2 aliphatic rings. The summed E-state index contributed by atoms with van der Waals surface area (Å²) in [4.78, 5) is 38.6. The van der Waals surface area contributed by atoms with Crippen molar-refractivity contribution in [2.75, 3.05) is 9.96 Å². The van der Waals surface area contributed by atoms with Gasteiger partial charge in [-0.05, 0) is 54.8 Å². The Kier molecular flexibility index (Phi) is 4.37. The number of fused-ring (bicyclic) bond motifs is 1. The number of hydrogen-bond donors (Lipinski definition) is 0. The van der Waals surface area contributed by atoms with Gasteiger partial charge in [-0.2, -0.15) is 0 Å². The van der Waals surface area contributed by atoms with Crippen molar-refractivity contribution in [3.05, 3.63) is 89.7 Å². The maximum atomic E-state index is 13.6. The van der Waals surface area contributed by atoms with Crippen molar-refractivity contribution in [2.24, 2.45) is 5.92 Å². The van der Waals surface area contributed by atoms with Crippen molar-refractivity contribution in [2.45, 2.75) is 26.0 Å². The largest absolute Gasteiger partial charge is 0.273 e. The summed E-state index contributed by atoms with van der Waals surface area (Å²) >= 11 is 0. The summed E-state index contributed by atoms with van der Waals surface area (Å²) in [5.74, 6) is -1.19. The number of hydroxylamine groups is 1. The van der Waals surface area contributed by atoms with Crippen LogP contribution in [0.3, 0.4) is 0 Å². The molecule has 150 valence electrons. The van der Waals surface area contributed by atoms with Gasteiger partial charge in [0.1, 0.15) is 5.92 Å². The van der Waals surface area contributed by atoms with E-state index in [0.29, 0.717) is 5.69 Å². The van der Waals surface area contributed by atoms with Gasteiger partial charge in [-0.25, -0.2) is 9.96 Å². The van der Waals surface area contributed by atoms with Crippen molar-refractivity contribution in [1.29, 1.82) is 0 Å². The molecule has 0 aliphatic carbocycles. The number of aromatic nitrogens is 1. The maximum absolute atomic E-state index is 13.6. The fourth-order valence-corrected chi connectivity index (χ4v) is 4.49. The van der Waals surface area contributed by atoms with E-state index in [-0.39, 0.29) is 11.8 Å². The van der Waals surface area contributed by atoms with Crippen LogP contribution in [0.1, 0.15) is 22.7 Å². The summed E-state index contributed by atoms with van der Waals surface area (Å²) in [7, 11) is 0. The number of pyridine rings is 1. The molecule has 1 aromatic heterocycles. The summed E-state index contributed by atoms with van der Waals surface area (Å²) in [5.41, 5.74) is 4.11. The highest BCUT2D eigenvalue weighted by molar-refractivity contribution is 6.24. The van der Waals surface area contributed by atoms with E-state index in [1.54, 1.807) is 17.5 Å². The number of imide groups is 1. The van der Waals surface area contributed by atoms with E-state index in [0.717, 1.165) is 22.4 Å². The van der Waals surface area contributed by atoms with Gasteiger partial charge < -0.3 is 0 Å². The minimum atomic E-state index is -0.866. The molecular formula is C24H21N3O3. The van der Waals surface area contributed by atoms with Crippen LogP contribution in [0.25, 0.3) is 0 Å². The van der Waals surface area contributed by atoms with Crippen LogP contribution >= 0.6 is 0 Å². The van der Waals surface area contributed by atoms with Crippen LogP contribution in [0.4, 0.5) is 11.4 Å². The van der Waals surface area contributed by atoms with Gasteiger partial charge in [-0.15, -0.1) is 0 Å². The molecule has 2 amide bonds. The molecule has 2 fully saturated rings. The van der Waals surface area contributed by atoms with Crippen LogP contribution in [0, 0.1) is 19.8 Å². The van der Waals surface area contributed by atoms with E-state index >= 15 is 0 Å². The van der Waals surface area contributed by atoms with Gasteiger partial charge in [0.25, 0.3) is 5.91 Å². The number of carbonyl (C=O) groups is 2. The quantitative estimate of drug-likeness (QED) is 0.628. The maximum Gasteiger partial charge on any atom is 0.266 e. The Morgan fingerprint density at radius 3 is 2.17 bits per heavy atom. The van der Waals surface area contributed by atoms with Crippen LogP contribution in [0.2, 0.25) is 0 Å². The molecular weight excluding hydrogens is 378 g/mol. The molecule has 0 spiro atoms. The van der Waals surface area contributed by atoms with E-state index in [4.69, 9.17) is 4.84 Å². The SMILES string of the molecule is Cc1cccc(C)c1N1C(=O)[C@H]2[C@@H](ON(c3ccccc3)[C@H]2c2ccncc2)C1=O. The highest BCUT2D eigenvalue weighted by Crippen LogP contribution is 2.48. The van der Waals surface area contributed by atoms with Gasteiger partial charge in [0.15, 0.2) is 6.10 Å². The number of aryl methyl sites for hydroxylation is 2. The van der Waals surface area contributed by atoms with Crippen molar-refractivity contribution in [3.8, 4) is 0 Å². The second-order valence-electron chi connectivity index (χ2n) is 7.69. The minimum Gasteiger partial charge on any atom is -0.273 e. The molecule has 2 aromatic carbocycles. The van der Waals surface area contributed by atoms with Crippen molar-refractivity contribution < 1.29 is 14.4 Å². The zero-order chi connectivity index (χ0) is 20.8. The van der Waals surface area contributed by atoms with E-state index in [1.807, 2.05) is 74.5 Å². The number of rotatable bonds is 3. The molecule has 3 heterocycles. The second kappa shape index (κ2) is 7.07. The summed E-state index contributed by atoms with van der Waals surface area (Å²) < 4.78 is 0. The van der Waals surface area contributed by atoms with E-state index in [1.165, 1.54) is 4.90 Å². The van der Waals surface area contributed by atoms with Gasteiger partial charge in [0.05, 0.1) is 17.4 Å². The predicted octanol–water partition coefficient (Wildman–Crippen LogP) is 3.75. The first kappa shape index (κ1) is 18.5. The Labute approximate surface area is 174 Å². The Morgan fingerprint density at radius 1 is 0.833 bits per heavy atom. The summed E-state index contributed by atoms with van der Waals surface area (Å²) in [6, 6.07) is 18.6. The number of amides is 2. The molecule has 6 heteroatoms. The molecule has 30 heavy (non-hydrogen) atoms. The molecule has 0 N–H and O–H groups in total. The number of hydrogen-bond acceptors (Lipinski definition) is 5. The molecule has 0 bridgehead atoms. The summed E-state index contributed by atoms with van der Waals surface area (Å²) in [5, 5.41) is 1.70. The lowest BCUT2D eigenvalue weighted by Gasteiger charge is -2.29. The Morgan fingerprint density at radius 2 is 1.50 bits per heavy atom. The van der Waals surface area contributed by atoms with Crippen LogP contribution in [-0.2, 0) is 14.4 Å². The fraction of sp³-hybridized carbons (Fsp3) is 0.208. The zero-order valence-corrected chi connectivity index (χ0v) is 16.7. The first-order valence-electron chi connectivity index (χ1n) is 9.93. The van der Waals surface area contributed by atoms with Gasteiger partial charge in [-0.3, -0.25) is 19.4 Å². The zero-order valence-electron chi connectivity index (χ0n) is 16.7. The standard InChI is InChI=1S/C24H21N3O3/c1-15-7-6-8-16(2)20(15)26-23(28)19-21(17-11-13-25-14-12-17)27(30-22(19)24(26)29)18-9-4-3-5-10-18/h3-14,19,21-22H,1-2H3/t19-,21+,22-/m1/s1. The van der Waals surface area contributed by atoms with Gasteiger partial charge >= 0.3 is 0 Å². The summed E-state index contributed by atoms with van der Waals surface area (Å²) in [6.45, 7) is 3.82. The van der Waals surface area contributed by atoms with Crippen molar-refractivity contribution in [1.82, 2.24) is 4.98 Å². The number of carbonyl (C=O) groups excluding carboxylic acids is 2. The summed E-state index contributed by atoms with van der Waals surface area (Å²) in [6.07, 6.45) is 2.52. The first-order chi connectivity index (χ1) is 14.6.